The standard InChI is InChI=1S/C17H18N2O3S2/c1-4-5-12-6-15(24-11(12)3)17(21)22-8-14(20)13(7-18)16-19-10(2)9-23-16/h6,9,13H,4-5,8H2,1-3H3/t13-/m0/s1. The van der Waals surface area contributed by atoms with Crippen LogP contribution in [0.1, 0.15) is 50.1 Å². The van der Waals surface area contributed by atoms with E-state index in [1.54, 1.807) is 12.3 Å². The highest BCUT2D eigenvalue weighted by molar-refractivity contribution is 7.14. The van der Waals surface area contributed by atoms with E-state index in [9.17, 15) is 14.9 Å². The van der Waals surface area contributed by atoms with Crippen molar-refractivity contribution in [2.24, 2.45) is 0 Å². The van der Waals surface area contributed by atoms with Crippen LogP contribution in [0.15, 0.2) is 11.4 Å². The van der Waals surface area contributed by atoms with Gasteiger partial charge in [0.2, 0.25) is 0 Å². The van der Waals surface area contributed by atoms with E-state index < -0.39 is 24.3 Å². The van der Waals surface area contributed by atoms with Crippen molar-refractivity contribution in [3.63, 3.8) is 0 Å². The van der Waals surface area contributed by atoms with E-state index in [1.807, 2.05) is 19.1 Å². The quantitative estimate of drug-likeness (QED) is 0.700. The minimum absolute atomic E-state index is 0.421. The average Bonchev–Trinajstić information content (AvgIpc) is 3.13. The summed E-state index contributed by atoms with van der Waals surface area (Å²) in [6, 6.07) is 3.76. The normalized spacial score (nSPS) is 11.8. The summed E-state index contributed by atoms with van der Waals surface area (Å²) in [4.78, 5) is 30.0. The van der Waals surface area contributed by atoms with E-state index >= 15 is 0 Å². The van der Waals surface area contributed by atoms with Crippen LogP contribution in [0, 0.1) is 25.2 Å². The van der Waals surface area contributed by atoms with Gasteiger partial charge in [0.1, 0.15) is 9.88 Å². The number of nitrogens with zero attached hydrogens (tertiary/aromatic N) is 2. The van der Waals surface area contributed by atoms with Gasteiger partial charge < -0.3 is 4.74 Å². The first kappa shape index (κ1) is 18.3. The molecular weight excluding hydrogens is 344 g/mol. The smallest absolute Gasteiger partial charge is 0.348 e. The Morgan fingerprint density at radius 3 is 2.75 bits per heavy atom. The lowest BCUT2D eigenvalue weighted by molar-refractivity contribution is -0.122. The van der Waals surface area contributed by atoms with Gasteiger partial charge in [-0.15, -0.1) is 22.7 Å². The molecule has 0 bridgehead atoms. The number of thiazole rings is 1. The Balaban J connectivity index is 1.99. The number of nitriles is 1. The second-order valence-electron chi connectivity index (χ2n) is 5.37. The van der Waals surface area contributed by atoms with Crippen LogP contribution in [0.5, 0.6) is 0 Å². The van der Waals surface area contributed by atoms with Gasteiger partial charge in [-0.2, -0.15) is 5.26 Å². The minimum Gasteiger partial charge on any atom is -0.453 e. The second-order valence-corrected chi connectivity index (χ2v) is 7.52. The molecule has 2 aromatic rings. The predicted molar refractivity (Wildman–Crippen MR) is 93.5 cm³/mol. The van der Waals surface area contributed by atoms with Crippen LogP contribution in [-0.2, 0) is 16.0 Å². The minimum atomic E-state index is -0.989. The number of hydrogen-bond acceptors (Lipinski definition) is 7. The summed E-state index contributed by atoms with van der Waals surface area (Å²) in [6.45, 7) is 5.42. The maximum absolute atomic E-state index is 12.2. The summed E-state index contributed by atoms with van der Waals surface area (Å²) in [5, 5.41) is 11.4. The Morgan fingerprint density at radius 2 is 2.17 bits per heavy atom. The third kappa shape index (κ3) is 4.28. The Hall–Kier alpha value is -2.04. The maximum atomic E-state index is 12.2. The van der Waals surface area contributed by atoms with Gasteiger partial charge in [-0.25, -0.2) is 9.78 Å². The lowest BCUT2D eigenvalue weighted by atomic mass is 10.1. The number of Topliss-reactive ketones (excluding diaryl/α,β-unsaturated/α-hetero) is 1. The largest absolute Gasteiger partial charge is 0.453 e. The van der Waals surface area contributed by atoms with Crippen LogP contribution in [0.2, 0.25) is 0 Å². The van der Waals surface area contributed by atoms with E-state index in [-0.39, 0.29) is 0 Å². The number of carbonyl (C=O) groups excluding carboxylic acids is 2. The van der Waals surface area contributed by atoms with Crippen LogP contribution in [0.4, 0.5) is 0 Å². The first-order chi connectivity index (χ1) is 11.5. The number of thiophene rings is 1. The molecule has 126 valence electrons. The summed E-state index contributed by atoms with van der Waals surface area (Å²) in [7, 11) is 0. The molecule has 0 unspecified atom stereocenters. The molecule has 0 N–H and O–H groups in total. The Labute approximate surface area is 148 Å². The topological polar surface area (TPSA) is 80.0 Å². The first-order valence-corrected chi connectivity index (χ1v) is 9.26. The van der Waals surface area contributed by atoms with Gasteiger partial charge in [0.15, 0.2) is 18.3 Å². The fraction of sp³-hybridized carbons (Fsp3) is 0.412. The third-order valence-corrected chi connectivity index (χ3v) is 5.52. The van der Waals surface area contributed by atoms with Crippen LogP contribution >= 0.6 is 22.7 Å². The summed E-state index contributed by atoms with van der Waals surface area (Å²) in [5.74, 6) is -1.97. The summed E-state index contributed by atoms with van der Waals surface area (Å²) >= 11 is 2.63. The summed E-state index contributed by atoms with van der Waals surface area (Å²) in [6.07, 6.45) is 1.91. The SMILES string of the molecule is CCCc1cc(C(=O)OCC(=O)[C@H](C#N)c2nc(C)cs2)sc1C. The van der Waals surface area contributed by atoms with Crippen molar-refractivity contribution in [3.8, 4) is 6.07 Å². The lowest BCUT2D eigenvalue weighted by Crippen LogP contribution is -2.19. The zero-order valence-electron chi connectivity index (χ0n) is 13.8. The van der Waals surface area contributed by atoms with Gasteiger partial charge in [-0.05, 0) is 31.9 Å². The van der Waals surface area contributed by atoms with Crippen molar-refractivity contribution in [2.75, 3.05) is 6.61 Å². The lowest BCUT2D eigenvalue weighted by Gasteiger charge is -2.05. The monoisotopic (exact) mass is 362 g/mol. The van der Waals surface area contributed by atoms with E-state index in [0.717, 1.165) is 29.0 Å². The molecule has 1 atom stereocenters. The van der Waals surface area contributed by atoms with Crippen molar-refractivity contribution in [1.29, 1.82) is 5.26 Å². The van der Waals surface area contributed by atoms with Gasteiger partial charge in [-0.3, -0.25) is 4.79 Å². The fourth-order valence-corrected chi connectivity index (χ4v) is 4.03. The molecule has 7 heteroatoms. The van der Waals surface area contributed by atoms with Crippen LogP contribution < -0.4 is 0 Å². The highest BCUT2D eigenvalue weighted by Gasteiger charge is 2.25. The predicted octanol–water partition coefficient (Wildman–Crippen LogP) is 3.81. The van der Waals surface area contributed by atoms with Crippen LogP contribution in [0.25, 0.3) is 0 Å². The highest BCUT2D eigenvalue weighted by atomic mass is 32.1. The molecule has 0 radical (unpaired) electrons. The van der Waals surface area contributed by atoms with Gasteiger partial charge >= 0.3 is 5.97 Å². The number of ether oxygens (including phenoxy) is 1. The van der Waals surface area contributed by atoms with Gasteiger partial charge in [-0.1, -0.05) is 13.3 Å². The molecule has 0 aliphatic carbocycles. The number of hydrogen-bond donors (Lipinski definition) is 0. The first-order valence-electron chi connectivity index (χ1n) is 7.57. The molecule has 24 heavy (non-hydrogen) atoms. The van der Waals surface area contributed by atoms with Crippen molar-refractivity contribution in [1.82, 2.24) is 4.98 Å². The summed E-state index contributed by atoms with van der Waals surface area (Å²) < 4.78 is 5.10. The molecular formula is C17H18N2O3S2. The van der Waals surface area contributed by atoms with E-state index in [0.29, 0.717) is 9.88 Å². The molecule has 2 heterocycles. The highest BCUT2D eigenvalue weighted by Crippen LogP contribution is 2.24. The van der Waals surface area contributed by atoms with E-state index in [1.165, 1.54) is 22.7 Å². The number of esters is 1. The Bertz CT molecular complexity index is 786. The van der Waals surface area contributed by atoms with Crippen molar-refractivity contribution in [2.45, 2.75) is 39.5 Å². The molecule has 0 spiro atoms. The molecule has 0 fully saturated rings. The van der Waals surface area contributed by atoms with Gasteiger partial charge in [0.25, 0.3) is 0 Å². The Morgan fingerprint density at radius 1 is 1.42 bits per heavy atom. The number of aromatic nitrogens is 1. The van der Waals surface area contributed by atoms with Crippen LogP contribution in [-0.4, -0.2) is 23.3 Å². The maximum Gasteiger partial charge on any atom is 0.348 e. The van der Waals surface area contributed by atoms with Gasteiger partial charge in [0.05, 0.1) is 6.07 Å². The molecule has 2 rings (SSSR count). The number of carbonyl (C=O) groups is 2. The zero-order valence-corrected chi connectivity index (χ0v) is 15.4. The molecule has 0 aliphatic rings. The van der Waals surface area contributed by atoms with Crippen molar-refractivity contribution < 1.29 is 14.3 Å². The second kappa shape index (κ2) is 8.18. The third-order valence-electron chi connectivity index (χ3n) is 3.42. The average molecular weight is 362 g/mol. The molecule has 0 aromatic carbocycles. The van der Waals surface area contributed by atoms with E-state index in [2.05, 4.69) is 11.9 Å². The van der Waals surface area contributed by atoms with Crippen LogP contribution in [0.3, 0.4) is 0 Å². The molecule has 5 nitrogen and oxygen atoms in total. The Kier molecular flexibility index (Phi) is 6.23. The van der Waals surface area contributed by atoms with Crippen molar-refractivity contribution >= 4 is 34.4 Å². The number of aryl methyl sites for hydroxylation is 3. The summed E-state index contributed by atoms with van der Waals surface area (Å²) in [5.41, 5.74) is 1.89. The fourth-order valence-electron chi connectivity index (χ4n) is 2.20. The number of ketones is 1. The molecule has 0 saturated heterocycles. The molecule has 0 amide bonds. The van der Waals surface area contributed by atoms with Crippen molar-refractivity contribution in [3.05, 3.63) is 37.5 Å². The zero-order chi connectivity index (χ0) is 17.7. The molecule has 2 aromatic heterocycles. The molecule has 0 saturated carbocycles. The molecule has 0 aliphatic heterocycles. The van der Waals surface area contributed by atoms with Gasteiger partial charge in [0, 0.05) is 16.0 Å². The number of rotatable bonds is 7. The van der Waals surface area contributed by atoms with E-state index in [4.69, 9.17) is 4.74 Å².